The van der Waals surface area contributed by atoms with E-state index in [0.29, 0.717) is 49.1 Å². The zero-order valence-corrected chi connectivity index (χ0v) is 27.1. The highest BCUT2D eigenvalue weighted by molar-refractivity contribution is 6.74. The van der Waals surface area contributed by atoms with Gasteiger partial charge in [-0.2, -0.15) is 0 Å². The fourth-order valence-electron chi connectivity index (χ4n) is 4.89. The summed E-state index contributed by atoms with van der Waals surface area (Å²) in [6, 6.07) is 19.8. The maximum atomic E-state index is 12.9. The van der Waals surface area contributed by atoms with Gasteiger partial charge < -0.3 is 28.1 Å². The fraction of sp³-hybridized carbons (Fsp3) is 0.441. The van der Waals surface area contributed by atoms with Crippen LogP contribution in [-0.4, -0.2) is 42.2 Å². The minimum Gasteiger partial charge on any atom is -0.541 e. The molecule has 0 amide bonds. The highest BCUT2D eigenvalue weighted by Crippen LogP contribution is 2.42. The molecule has 0 aromatic heterocycles. The van der Waals surface area contributed by atoms with Crippen LogP contribution in [0.4, 0.5) is 0 Å². The predicted octanol–water partition coefficient (Wildman–Crippen LogP) is 7.25. The molecule has 42 heavy (non-hydrogen) atoms. The van der Waals surface area contributed by atoms with Crippen LogP contribution >= 0.6 is 0 Å². The Balaban J connectivity index is 1.51. The van der Waals surface area contributed by atoms with Gasteiger partial charge in [-0.25, -0.2) is 0 Å². The first-order valence-corrected chi connectivity index (χ1v) is 17.3. The topological polar surface area (TPSA) is 72.5 Å². The van der Waals surface area contributed by atoms with Gasteiger partial charge in [0, 0.05) is 5.92 Å². The summed E-state index contributed by atoms with van der Waals surface area (Å²) in [5.41, 5.74) is 3.03. The van der Waals surface area contributed by atoms with Crippen LogP contribution in [-0.2, 0) is 29.0 Å². The lowest BCUT2D eigenvalue weighted by atomic mass is 9.85. The van der Waals surface area contributed by atoms with E-state index in [2.05, 4.69) is 39.9 Å². The van der Waals surface area contributed by atoms with Crippen LogP contribution < -0.4 is 23.4 Å². The average Bonchev–Trinajstić information content (AvgIpc) is 3.30. The first-order valence-electron chi connectivity index (χ1n) is 14.4. The third-order valence-corrected chi connectivity index (χ3v) is 12.8. The number of carbonyl (C=O) groups excluding carboxylic acids is 1. The van der Waals surface area contributed by atoms with Crippen LogP contribution in [0, 0.1) is 11.8 Å². The van der Waals surface area contributed by atoms with Gasteiger partial charge in [0.1, 0.15) is 12.4 Å². The first kappa shape index (κ1) is 31.3. The van der Waals surface area contributed by atoms with Crippen molar-refractivity contribution in [2.24, 2.45) is 11.8 Å². The zero-order valence-electron chi connectivity index (χ0n) is 26.1. The first-order chi connectivity index (χ1) is 20.0. The van der Waals surface area contributed by atoms with Crippen molar-refractivity contribution in [2.75, 3.05) is 27.9 Å². The molecule has 2 unspecified atom stereocenters. The summed E-state index contributed by atoms with van der Waals surface area (Å²) in [4.78, 5) is 12.9. The summed E-state index contributed by atoms with van der Waals surface area (Å²) in [6.07, 6.45) is 1.18. The molecule has 3 aromatic carbocycles. The largest absolute Gasteiger partial charge is 0.541 e. The number of rotatable bonds is 12. The van der Waals surface area contributed by atoms with E-state index in [1.165, 1.54) is 0 Å². The third kappa shape index (κ3) is 7.21. The van der Waals surface area contributed by atoms with Crippen molar-refractivity contribution in [3.05, 3.63) is 77.4 Å². The Hall–Kier alpha value is -3.65. The van der Waals surface area contributed by atoms with Gasteiger partial charge in [-0.15, -0.1) is 0 Å². The molecule has 1 saturated heterocycles. The van der Waals surface area contributed by atoms with E-state index >= 15 is 0 Å². The summed E-state index contributed by atoms with van der Waals surface area (Å²) in [5, 5.41) is 0.0725. The van der Waals surface area contributed by atoms with Gasteiger partial charge in [-0.3, -0.25) is 4.79 Å². The highest BCUT2D eigenvalue weighted by Gasteiger charge is 2.40. The summed E-state index contributed by atoms with van der Waals surface area (Å²) < 4.78 is 35.3. The Bertz CT molecular complexity index is 1340. The van der Waals surface area contributed by atoms with Crippen LogP contribution in [0.15, 0.2) is 60.7 Å². The molecular weight excluding hydrogens is 548 g/mol. The number of benzene rings is 3. The van der Waals surface area contributed by atoms with Crippen molar-refractivity contribution >= 4 is 14.3 Å². The SMILES string of the molecule is COc1cc(CC2COC(=O)C2Cc2cc(OC)c(OCc3ccccc3)c(OC)c2)ccc1O[Si](C)(C)C(C)(C)C. The molecule has 0 saturated carbocycles. The molecule has 8 heteroatoms. The number of hydrogen-bond acceptors (Lipinski definition) is 7. The summed E-state index contributed by atoms with van der Waals surface area (Å²) in [5.74, 6) is 2.65. The van der Waals surface area contributed by atoms with Crippen molar-refractivity contribution in [3.8, 4) is 28.7 Å². The number of hydrogen-bond donors (Lipinski definition) is 0. The van der Waals surface area contributed by atoms with Crippen LogP contribution in [0.5, 0.6) is 28.7 Å². The molecule has 4 rings (SSSR count). The normalized spacial score (nSPS) is 17.0. The molecule has 1 aliphatic rings. The van der Waals surface area contributed by atoms with E-state index < -0.39 is 8.32 Å². The number of methoxy groups -OCH3 is 3. The molecular formula is C34H44O7Si. The number of ether oxygens (including phenoxy) is 5. The summed E-state index contributed by atoms with van der Waals surface area (Å²) >= 11 is 0. The Morgan fingerprint density at radius 3 is 2.00 bits per heavy atom. The molecule has 3 aromatic rings. The molecule has 1 fully saturated rings. The third-order valence-electron chi connectivity index (χ3n) is 8.41. The van der Waals surface area contributed by atoms with Crippen molar-refractivity contribution in [1.29, 1.82) is 0 Å². The maximum absolute atomic E-state index is 12.9. The van der Waals surface area contributed by atoms with Gasteiger partial charge in [-0.05, 0) is 71.9 Å². The van der Waals surface area contributed by atoms with Gasteiger partial charge in [0.25, 0.3) is 8.32 Å². The molecule has 1 aliphatic heterocycles. The van der Waals surface area contributed by atoms with E-state index in [4.69, 9.17) is 28.1 Å². The van der Waals surface area contributed by atoms with Crippen LogP contribution in [0.2, 0.25) is 18.1 Å². The molecule has 1 heterocycles. The van der Waals surface area contributed by atoms with Crippen molar-refractivity contribution in [3.63, 3.8) is 0 Å². The van der Waals surface area contributed by atoms with Crippen molar-refractivity contribution in [1.82, 2.24) is 0 Å². The van der Waals surface area contributed by atoms with Crippen LogP contribution in [0.1, 0.15) is 37.5 Å². The summed E-state index contributed by atoms with van der Waals surface area (Å²) in [7, 11) is 2.84. The zero-order chi connectivity index (χ0) is 30.5. The number of carbonyl (C=O) groups is 1. The molecule has 0 aliphatic carbocycles. The van der Waals surface area contributed by atoms with E-state index in [1.807, 2.05) is 54.6 Å². The number of cyclic esters (lactones) is 1. The Morgan fingerprint density at radius 1 is 0.786 bits per heavy atom. The second kappa shape index (κ2) is 13.1. The second-order valence-electron chi connectivity index (χ2n) is 12.4. The lowest BCUT2D eigenvalue weighted by Gasteiger charge is -2.36. The average molecular weight is 593 g/mol. The summed E-state index contributed by atoms with van der Waals surface area (Å²) in [6.45, 7) is 11.8. The number of esters is 1. The quantitative estimate of drug-likeness (QED) is 0.162. The molecule has 226 valence electrons. The smallest absolute Gasteiger partial charge is 0.309 e. The van der Waals surface area contributed by atoms with E-state index in [9.17, 15) is 4.79 Å². The highest BCUT2D eigenvalue weighted by atomic mass is 28.4. The van der Waals surface area contributed by atoms with Gasteiger partial charge in [0.15, 0.2) is 17.2 Å². The molecule has 7 nitrogen and oxygen atoms in total. The minimum absolute atomic E-state index is 0.0142. The second-order valence-corrected chi connectivity index (χ2v) is 17.1. The van der Waals surface area contributed by atoms with Crippen molar-refractivity contribution in [2.45, 2.75) is 58.4 Å². The Labute approximate surface area is 251 Å². The Kier molecular flexibility index (Phi) is 9.77. The van der Waals surface area contributed by atoms with E-state index in [1.54, 1.807) is 21.3 Å². The molecule has 0 radical (unpaired) electrons. The molecule has 2 atom stereocenters. The van der Waals surface area contributed by atoms with E-state index in [0.717, 1.165) is 22.4 Å². The maximum Gasteiger partial charge on any atom is 0.309 e. The lowest BCUT2D eigenvalue weighted by Crippen LogP contribution is -2.43. The molecule has 0 N–H and O–H groups in total. The molecule has 0 bridgehead atoms. The minimum atomic E-state index is -2.03. The van der Waals surface area contributed by atoms with Crippen molar-refractivity contribution < 1.29 is 32.9 Å². The van der Waals surface area contributed by atoms with Gasteiger partial charge in [-0.1, -0.05) is 57.2 Å². The van der Waals surface area contributed by atoms with Gasteiger partial charge in [0.2, 0.25) is 5.75 Å². The van der Waals surface area contributed by atoms with Gasteiger partial charge >= 0.3 is 5.97 Å². The molecule has 0 spiro atoms. The lowest BCUT2D eigenvalue weighted by molar-refractivity contribution is -0.141. The fourth-order valence-corrected chi connectivity index (χ4v) is 5.91. The van der Waals surface area contributed by atoms with Crippen LogP contribution in [0.25, 0.3) is 0 Å². The predicted molar refractivity (Wildman–Crippen MR) is 166 cm³/mol. The van der Waals surface area contributed by atoms with E-state index in [-0.39, 0.29) is 22.8 Å². The standard InChI is InChI=1S/C34H44O7Si/c1-34(2,3)42(7,8)41-28-15-14-24(18-29(28)36-4)16-26-22-40-33(35)27(26)17-25-19-30(37-5)32(31(20-25)38-6)39-21-23-12-10-9-11-13-23/h9-15,18-20,26-27H,16-17,21-22H2,1-8H3. The van der Waals surface area contributed by atoms with Gasteiger partial charge in [0.05, 0.1) is 33.9 Å². The van der Waals surface area contributed by atoms with Crippen LogP contribution in [0.3, 0.4) is 0 Å². The monoisotopic (exact) mass is 592 g/mol. The Morgan fingerprint density at radius 2 is 1.40 bits per heavy atom.